The van der Waals surface area contributed by atoms with E-state index in [1.54, 1.807) is 18.2 Å². The zero-order valence-corrected chi connectivity index (χ0v) is 11.1. The summed E-state index contributed by atoms with van der Waals surface area (Å²) in [5.41, 5.74) is -0.834. The summed E-state index contributed by atoms with van der Waals surface area (Å²) in [5, 5.41) is 2.47. The van der Waals surface area contributed by atoms with E-state index in [-0.39, 0.29) is 0 Å². The summed E-state index contributed by atoms with van der Waals surface area (Å²) in [6.45, 7) is 3.04. The van der Waals surface area contributed by atoms with E-state index in [0.717, 1.165) is 0 Å². The third-order valence-corrected chi connectivity index (χ3v) is 2.45. The average molecular weight is 265 g/mol. The number of amides is 1. The van der Waals surface area contributed by atoms with Crippen molar-refractivity contribution in [1.82, 2.24) is 5.32 Å². The predicted molar refractivity (Wildman–Crippen MR) is 69.7 cm³/mol. The van der Waals surface area contributed by atoms with E-state index in [4.69, 9.17) is 0 Å². The highest BCUT2D eigenvalue weighted by Gasteiger charge is 2.29. The molecule has 4 nitrogen and oxygen atoms in total. The lowest BCUT2D eigenvalue weighted by molar-refractivity contribution is -0.148. The molecule has 1 rings (SSSR count). The summed E-state index contributed by atoms with van der Waals surface area (Å²) < 4.78 is 17.9. The summed E-state index contributed by atoms with van der Waals surface area (Å²) in [5.74, 6) is -1.47. The van der Waals surface area contributed by atoms with Crippen molar-refractivity contribution < 1.29 is 18.7 Å². The van der Waals surface area contributed by atoms with Gasteiger partial charge < -0.3 is 10.1 Å². The molecular weight excluding hydrogens is 249 g/mol. The first-order chi connectivity index (χ1) is 8.86. The second-order valence-electron chi connectivity index (χ2n) is 4.46. The summed E-state index contributed by atoms with van der Waals surface area (Å²) in [6, 6.07) is 6.08. The van der Waals surface area contributed by atoms with Crippen LogP contribution in [0.3, 0.4) is 0 Å². The van der Waals surface area contributed by atoms with Crippen molar-refractivity contribution in [3.63, 3.8) is 0 Å². The maximum Gasteiger partial charge on any atom is 0.330 e. The Bertz CT molecular complexity index is 509. The van der Waals surface area contributed by atoms with Gasteiger partial charge in [0.05, 0.1) is 7.11 Å². The number of benzene rings is 1. The normalized spacial score (nSPS) is 11.4. The van der Waals surface area contributed by atoms with Crippen molar-refractivity contribution in [2.24, 2.45) is 0 Å². The number of hydrogen-bond acceptors (Lipinski definition) is 3. The van der Waals surface area contributed by atoms with Crippen molar-refractivity contribution >= 4 is 18.0 Å². The van der Waals surface area contributed by atoms with Gasteiger partial charge in [0.1, 0.15) is 11.4 Å². The molecule has 102 valence electrons. The molecule has 0 aliphatic carbocycles. The summed E-state index contributed by atoms with van der Waals surface area (Å²) in [7, 11) is 1.24. The second kappa shape index (κ2) is 6.13. The van der Waals surface area contributed by atoms with Gasteiger partial charge in [0.2, 0.25) is 5.91 Å². The van der Waals surface area contributed by atoms with Gasteiger partial charge >= 0.3 is 5.97 Å². The van der Waals surface area contributed by atoms with Crippen LogP contribution in [0.1, 0.15) is 19.4 Å². The average Bonchev–Trinajstić information content (AvgIpc) is 2.36. The number of carbonyl (C=O) groups excluding carboxylic acids is 2. The first-order valence-corrected chi connectivity index (χ1v) is 5.70. The molecule has 0 unspecified atom stereocenters. The largest absolute Gasteiger partial charge is 0.467 e. The number of rotatable bonds is 4. The van der Waals surface area contributed by atoms with Crippen LogP contribution in [-0.2, 0) is 14.3 Å². The van der Waals surface area contributed by atoms with Gasteiger partial charge in [-0.2, -0.15) is 0 Å². The number of carbonyl (C=O) groups is 2. The molecule has 0 fully saturated rings. The van der Waals surface area contributed by atoms with Crippen LogP contribution in [0.25, 0.3) is 6.08 Å². The Hall–Kier alpha value is -2.17. The van der Waals surface area contributed by atoms with Crippen LogP contribution in [0.2, 0.25) is 0 Å². The summed E-state index contributed by atoms with van der Waals surface area (Å²) >= 11 is 0. The van der Waals surface area contributed by atoms with Gasteiger partial charge in [-0.1, -0.05) is 18.2 Å². The van der Waals surface area contributed by atoms with E-state index in [2.05, 4.69) is 10.1 Å². The van der Waals surface area contributed by atoms with Gasteiger partial charge in [-0.3, -0.25) is 4.79 Å². The number of halogens is 1. The van der Waals surface area contributed by atoms with Crippen LogP contribution in [-0.4, -0.2) is 24.5 Å². The Morgan fingerprint density at radius 3 is 2.53 bits per heavy atom. The molecular formula is C14H16FNO3. The Morgan fingerprint density at radius 1 is 1.32 bits per heavy atom. The molecule has 0 saturated heterocycles. The summed E-state index contributed by atoms with van der Waals surface area (Å²) in [6.07, 6.45) is 2.52. The van der Waals surface area contributed by atoms with E-state index in [0.29, 0.717) is 5.56 Å². The van der Waals surface area contributed by atoms with Crippen LogP contribution in [0.15, 0.2) is 30.3 Å². The van der Waals surface area contributed by atoms with Crippen LogP contribution in [0, 0.1) is 5.82 Å². The standard InChI is InChI=1S/C14H16FNO3/c1-14(2,13(18)19-3)16-12(17)9-8-10-6-4-5-7-11(10)15/h4-9H,1-3H3,(H,16,17). The van der Waals surface area contributed by atoms with Crippen molar-refractivity contribution in [2.45, 2.75) is 19.4 Å². The fraction of sp³-hybridized carbons (Fsp3) is 0.286. The molecule has 1 aromatic carbocycles. The van der Waals surface area contributed by atoms with Crippen LogP contribution in [0.4, 0.5) is 4.39 Å². The fourth-order valence-corrected chi connectivity index (χ4v) is 1.43. The number of nitrogens with one attached hydrogen (secondary N) is 1. The molecule has 1 N–H and O–H groups in total. The lowest BCUT2D eigenvalue weighted by atomic mass is 10.1. The molecule has 0 bridgehead atoms. The molecule has 0 atom stereocenters. The lowest BCUT2D eigenvalue weighted by Crippen LogP contribution is -2.49. The Labute approximate surface area is 111 Å². The second-order valence-corrected chi connectivity index (χ2v) is 4.46. The highest BCUT2D eigenvalue weighted by molar-refractivity contribution is 5.95. The van der Waals surface area contributed by atoms with E-state index in [9.17, 15) is 14.0 Å². The van der Waals surface area contributed by atoms with Crippen molar-refractivity contribution in [1.29, 1.82) is 0 Å². The molecule has 1 aromatic rings. The summed E-state index contributed by atoms with van der Waals surface area (Å²) in [4.78, 5) is 23.0. The third kappa shape index (κ3) is 4.21. The molecule has 0 aliphatic heterocycles. The number of methoxy groups -OCH3 is 1. The topological polar surface area (TPSA) is 55.4 Å². The number of ether oxygens (including phenoxy) is 1. The molecule has 0 aromatic heterocycles. The van der Waals surface area contributed by atoms with Gasteiger partial charge in [0.15, 0.2) is 0 Å². The van der Waals surface area contributed by atoms with Gasteiger partial charge in [-0.05, 0) is 26.0 Å². The molecule has 0 heterocycles. The first-order valence-electron chi connectivity index (χ1n) is 5.70. The maximum atomic E-state index is 13.3. The van der Waals surface area contributed by atoms with Crippen molar-refractivity contribution in [3.05, 3.63) is 41.7 Å². The Kier molecular flexibility index (Phi) is 4.80. The minimum absolute atomic E-state index is 0.300. The fourth-order valence-electron chi connectivity index (χ4n) is 1.43. The molecule has 0 spiro atoms. The van der Waals surface area contributed by atoms with Crippen molar-refractivity contribution in [2.75, 3.05) is 7.11 Å². The molecule has 19 heavy (non-hydrogen) atoms. The monoisotopic (exact) mass is 265 g/mol. The zero-order valence-electron chi connectivity index (χ0n) is 11.1. The van der Waals surface area contributed by atoms with E-state index in [1.807, 2.05) is 0 Å². The van der Waals surface area contributed by atoms with E-state index in [1.165, 1.54) is 39.2 Å². The van der Waals surface area contributed by atoms with Gasteiger partial charge in [-0.15, -0.1) is 0 Å². The molecule has 0 radical (unpaired) electrons. The van der Waals surface area contributed by atoms with E-state index >= 15 is 0 Å². The van der Waals surface area contributed by atoms with Crippen LogP contribution in [0.5, 0.6) is 0 Å². The van der Waals surface area contributed by atoms with Crippen LogP contribution >= 0.6 is 0 Å². The highest BCUT2D eigenvalue weighted by atomic mass is 19.1. The van der Waals surface area contributed by atoms with Crippen LogP contribution < -0.4 is 5.32 Å². The third-order valence-electron chi connectivity index (χ3n) is 2.45. The maximum absolute atomic E-state index is 13.3. The minimum atomic E-state index is -1.13. The predicted octanol–water partition coefficient (Wildman–Crippen LogP) is 1.91. The van der Waals surface area contributed by atoms with Gasteiger partial charge in [-0.25, -0.2) is 9.18 Å². The Morgan fingerprint density at radius 2 is 1.95 bits per heavy atom. The van der Waals surface area contributed by atoms with Crippen molar-refractivity contribution in [3.8, 4) is 0 Å². The number of esters is 1. The van der Waals surface area contributed by atoms with Gasteiger partial charge in [0.25, 0.3) is 0 Å². The van der Waals surface area contributed by atoms with Gasteiger partial charge in [0, 0.05) is 11.6 Å². The lowest BCUT2D eigenvalue weighted by Gasteiger charge is -2.22. The zero-order chi connectivity index (χ0) is 14.5. The molecule has 5 heteroatoms. The molecule has 0 aliphatic rings. The SMILES string of the molecule is COC(=O)C(C)(C)NC(=O)C=Cc1ccccc1F. The quantitative estimate of drug-likeness (QED) is 0.668. The van der Waals surface area contributed by atoms with E-state index < -0.39 is 23.2 Å². The number of hydrogen-bond donors (Lipinski definition) is 1. The molecule has 1 amide bonds. The first kappa shape index (κ1) is 14.9. The molecule has 0 saturated carbocycles. The smallest absolute Gasteiger partial charge is 0.330 e. The highest BCUT2D eigenvalue weighted by Crippen LogP contribution is 2.09. The minimum Gasteiger partial charge on any atom is -0.467 e. The Balaban J connectivity index is 2.71.